The smallest absolute Gasteiger partial charge is 0.283 e. The van der Waals surface area contributed by atoms with Crippen LogP contribution in [0.15, 0.2) is 39.9 Å². The number of carbonyl (C=O) groups excluding carboxylic acids is 1. The van der Waals surface area contributed by atoms with E-state index in [1.165, 1.54) is 24.7 Å². The van der Waals surface area contributed by atoms with E-state index in [1.807, 2.05) is 19.1 Å². The molecule has 110 valence electrons. The van der Waals surface area contributed by atoms with Crippen LogP contribution in [0.1, 0.15) is 15.9 Å². The van der Waals surface area contributed by atoms with Crippen LogP contribution in [0.3, 0.4) is 0 Å². The predicted octanol–water partition coefficient (Wildman–Crippen LogP) is 0.149. The van der Waals surface area contributed by atoms with E-state index < -0.39 is 11.2 Å². The number of benzene rings is 1. The van der Waals surface area contributed by atoms with Gasteiger partial charge in [0.15, 0.2) is 0 Å². The van der Waals surface area contributed by atoms with E-state index in [9.17, 15) is 14.4 Å². The Labute approximate surface area is 120 Å². The highest BCUT2D eigenvalue weighted by molar-refractivity contribution is 5.96. The fourth-order valence-electron chi connectivity index (χ4n) is 1.87. The molecular weight excluding hydrogens is 272 g/mol. The van der Waals surface area contributed by atoms with E-state index in [4.69, 9.17) is 0 Å². The molecule has 0 fully saturated rings. The van der Waals surface area contributed by atoms with Crippen molar-refractivity contribution in [2.45, 2.75) is 6.92 Å². The number of rotatable bonds is 3. The minimum absolute atomic E-state index is 0.213. The standard InChI is InChI=1S/C14H16N4O3/c1-9-6-4-5-7-10(9)13(20)16-15-11-8-12(19)18(3)14(21)17(11)2/h4-8,15H,1-3H3,(H,16,20). The number of nitrogens with zero attached hydrogens (tertiary/aromatic N) is 2. The maximum Gasteiger partial charge on any atom is 0.332 e. The topological polar surface area (TPSA) is 85.1 Å². The molecule has 0 aliphatic heterocycles. The highest BCUT2D eigenvalue weighted by Gasteiger charge is 2.09. The van der Waals surface area contributed by atoms with E-state index >= 15 is 0 Å². The molecule has 7 heteroatoms. The average Bonchev–Trinajstić information content (AvgIpc) is 2.47. The Morgan fingerprint density at radius 1 is 1.10 bits per heavy atom. The molecule has 0 bridgehead atoms. The molecule has 2 N–H and O–H groups in total. The van der Waals surface area contributed by atoms with Gasteiger partial charge in [0.2, 0.25) is 0 Å². The third kappa shape index (κ3) is 2.86. The molecule has 1 aromatic heterocycles. The number of hydrogen-bond acceptors (Lipinski definition) is 4. The Hall–Kier alpha value is -2.83. The van der Waals surface area contributed by atoms with Crippen LogP contribution in [-0.4, -0.2) is 15.0 Å². The molecule has 0 saturated carbocycles. The lowest BCUT2D eigenvalue weighted by atomic mass is 10.1. The molecule has 0 aliphatic carbocycles. The molecule has 1 amide bonds. The second-order valence-electron chi connectivity index (χ2n) is 4.66. The molecule has 7 nitrogen and oxygen atoms in total. The summed E-state index contributed by atoms with van der Waals surface area (Å²) in [4.78, 5) is 35.4. The Balaban J connectivity index is 2.22. The minimum Gasteiger partial charge on any atom is -0.283 e. The summed E-state index contributed by atoms with van der Waals surface area (Å²) in [7, 11) is 2.89. The normalized spacial score (nSPS) is 10.2. The van der Waals surface area contributed by atoms with Gasteiger partial charge in [0.05, 0.1) is 0 Å². The summed E-state index contributed by atoms with van der Waals surface area (Å²) in [5.41, 5.74) is 5.48. The van der Waals surface area contributed by atoms with Crippen molar-refractivity contribution in [3.63, 3.8) is 0 Å². The molecule has 0 aliphatic rings. The highest BCUT2D eigenvalue weighted by atomic mass is 16.2. The monoisotopic (exact) mass is 288 g/mol. The van der Waals surface area contributed by atoms with Gasteiger partial charge in [0, 0.05) is 25.7 Å². The zero-order chi connectivity index (χ0) is 15.6. The molecule has 21 heavy (non-hydrogen) atoms. The molecule has 0 atom stereocenters. The number of carbonyl (C=O) groups is 1. The van der Waals surface area contributed by atoms with Crippen LogP contribution < -0.4 is 22.1 Å². The second kappa shape index (κ2) is 5.66. The zero-order valence-corrected chi connectivity index (χ0v) is 12.0. The maximum absolute atomic E-state index is 12.0. The van der Waals surface area contributed by atoms with Crippen LogP contribution in [0.2, 0.25) is 0 Å². The molecular formula is C14H16N4O3. The SMILES string of the molecule is Cc1ccccc1C(=O)NNc1cc(=O)n(C)c(=O)n1C. The number of anilines is 1. The summed E-state index contributed by atoms with van der Waals surface area (Å²) in [6.07, 6.45) is 0. The van der Waals surface area contributed by atoms with Gasteiger partial charge in [0.1, 0.15) is 5.82 Å². The lowest BCUT2D eigenvalue weighted by Crippen LogP contribution is -2.40. The van der Waals surface area contributed by atoms with Gasteiger partial charge < -0.3 is 0 Å². The maximum atomic E-state index is 12.0. The van der Waals surface area contributed by atoms with Gasteiger partial charge in [-0.1, -0.05) is 18.2 Å². The van der Waals surface area contributed by atoms with Crippen molar-refractivity contribution >= 4 is 11.7 Å². The van der Waals surface area contributed by atoms with Gasteiger partial charge in [-0.05, 0) is 18.6 Å². The van der Waals surface area contributed by atoms with Crippen molar-refractivity contribution in [3.05, 3.63) is 62.3 Å². The Kier molecular flexibility index (Phi) is 3.93. The van der Waals surface area contributed by atoms with Crippen molar-refractivity contribution in [1.82, 2.24) is 14.6 Å². The Morgan fingerprint density at radius 2 is 1.76 bits per heavy atom. The van der Waals surface area contributed by atoms with Crippen molar-refractivity contribution in [1.29, 1.82) is 0 Å². The van der Waals surface area contributed by atoms with Crippen molar-refractivity contribution < 1.29 is 4.79 Å². The molecule has 0 radical (unpaired) electrons. The number of amides is 1. The van der Waals surface area contributed by atoms with Crippen LogP contribution in [-0.2, 0) is 14.1 Å². The van der Waals surface area contributed by atoms with Crippen LogP contribution in [0.4, 0.5) is 5.82 Å². The van der Waals surface area contributed by atoms with Gasteiger partial charge in [-0.25, -0.2) is 4.79 Å². The van der Waals surface area contributed by atoms with Crippen LogP contribution in [0, 0.1) is 6.92 Å². The number of hydrogen-bond donors (Lipinski definition) is 2. The first-order chi connectivity index (χ1) is 9.91. The molecule has 0 saturated heterocycles. The van der Waals surface area contributed by atoms with E-state index in [0.29, 0.717) is 5.56 Å². The molecule has 2 aromatic rings. The fourth-order valence-corrected chi connectivity index (χ4v) is 1.87. The molecule has 0 spiro atoms. The van der Waals surface area contributed by atoms with E-state index in [1.54, 1.807) is 12.1 Å². The summed E-state index contributed by atoms with van der Waals surface area (Å²) < 4.78 is 2.22. The van der Waals surface area contributed by atoms with Gasteiger partial charge in [-0.2, -0.15) is 0 Å². The van der Waals surface area contributed by atoms with Crippen molar-refractivity contribution in [3.8, 4) is 0 Å². The first-order valence-electron chi connectivity index (χ1n) is 6.31. The summed E-state index contributed by atoms with van der Waals surface area (Å²) in [5.74, 6) is -0.133. The van der Waals surface area contributed by atoms with E-state index in [-0.39, 0.29) is 11.7 Å². The fraction of sp³-hybridized carbons (Fsp3) is 0.214. The average molecular weight is 288 g/mol. The van der Waals surface area contributed by atoms with E-state index in [0.717, 1.165) is 10.1 Å². The first-order valence-corrected chi connectivity index (χ1v) is 6.31. The number of hydrazine groups is 1. The first kappa shape index (κ1) is 14.6. The van der Waals surface area contributed by atoms with Gasteiger partial charge >= 0.3 is 5.69 Å². The molecule has 0 unspecified atom stereocenters. The third-order valence-electron chi connectivity index (χ3n) is 3.22. The van der Waals surface area contributed by atoms with Crippen molar-refractivity contribution in [2.75, 3.05) is 5.43 Å². The predicted molar refractivity (Wildman–Crippen MR) is 79.2 cm³/mol. The molecule has 1 heterocycles. The number of aromatic nitrogens is 2. The summed E-state index contributed by atoms with van der Waals surface area (Å²) in [6, 6.07) is 8.35. The molecule has 1 aromatic carbocycles. The quantitative estimate of drug-likeness (QED) is 0.787. The Morgan fingerprint density at radius 3 is 2.43 bits per heavy atom. The number of nitrogens with one attached hydrogen (secondary N) is 2. The van der Waals surface area contributed by atoms with Crippen molar-refractivity contribution in [2.24, 2.45) is 14.1 Å². The summed E-state index contributed by atoms with van der Waals surface area (Å²) in [6.45, 7) is 1.82. The Bertz CT molecular complexity index is 805. The van der Waals surface area contributed by atoms with E-state index in [2.05, 4.69) is 10.9 Å². The summed E-state index contributed by atoms with van der Waals surface area (Å²) >= 11 is 0. The largest absolute Gasteiger partial charge is 0.332 e. The minimum atomic E-state index is -0.477. The van der Waals surface area contributed by atoms with Crippen LogP contribution in [0.25, 0.3) is 0 Å². The van der Waals surface area contributed by atoms with Gasteiger partial charge in [-0.15, -0.1) is 0 Å². The number of aryl methyl sites for hydroxylation is 1. The highest BCUT2D eigenvalue weighted by Crippen LogP contribution is 2.06. The second-order valence-corrected chi connectivity index (χ2v) is 4.66. The van der Waals surface area contributed by atoms with Gasteiger partial charge in [0.25, 0.3) is 11.5 Å². The summed E-state index contributed by atoms with van der Waals surface area (Å²) in [5, 5.41) is 0. The molecule has 2 rings (SSSR count). The third-order valence-corrected chi connectivity index (χ3v) is 3.22. The lowest BCUT2D eigenvalue weighted by molar-refractivity contribution is 0.0961. The van der Waals surface area contributed by atoms with Gasteiger partial charge in [-0.3, -0.25) is 29.6 Å². The van der Waals surface area contributed by atoms with Crippen LogP contribution >= 0.6 is 0 Å². The lowest BCUT2D eigenvalue weighted by Gasteiger charge is -2.13. The van der Waals surface area contributed by atoms with Crippen LogP contribution in [0.5, 0.6) is 0 Å². The zero-order valence-electron chi connectivity index (χ0n) is 12.0.